The van der Waals surface area contributed by atoms with Crippen molar-refractivity contribution in [2.75, 3.05) is 59.6 Å². The van der Waals surface area contributed by atoms with E-state index in [0.717, 1.165) is 64.4 Å². The summed E-state index contributed by atoms with van der Waals surface area (Å²) < 4.78 is 11.5. The Balaban J connectivity index is 1.18. The summed E-state index contributed by atoms with van der Waals surface area (Å²) in [4.78, 5) is 4.74. The van der Waals surface area contributed by atoms with Gasteiger partial charge in [0, 0.05) is 39.4 Å². The third-order valence-corrected chi connectivity index (χ3v) is 7.58. The number of aliphatic hydroxyl groups excluding tert-OH is 1. The number of β-amino-alcohol motifs (C(OH)–C–C–N with tert-alkyl or cyclic N) is 1. The van der Waals surface area contributed by atoms with Crippen molar-refractivity contribution in [2.24, 2.45) is 5.41 Å². The Bertz CT molecular complexity index is 967. The maximum absolute atomic E-state index is 10.6. The van der Waals surface area contributed by atoms with Crippen molar-refractivity contribution in [1.29, 1.82) is 0 Å². The van der Waals surface area contributed by atoms with Crippen LogP contribution in [0.5, 0.6) is 5.75 Å². The van der Waals surface area contributed by atoms with E-state index in [1.165, 1.54) is 28.3 Å². The van der Waals surface area contributed by atoms with Crippen molar-refractivity contribution >= 4 is 16.3 Å². The van der Waals surface area contributed by atoms with Gasteiger partial charge in [0.1, 0.15) is 18.5 Å². The predicted octanol–water partition coefficient (Wildman–Crippen LogP) is 3.80. The number of ether oxygens (including phenoxy) is 2. The molecule has 1 spiro atoms. The number of fused-ring (bicyclic) bond motifs is 1. The number of likely N-dealkylation sites (tertiary alicyclic amines) is 1. The van der Waals surface area contributed by atoms with Gasteiger partial charge in [-0.05, 0) is 84.8 Å². The van der Waals surface area contributed by atoms with E-state index in [1.807, 2.05) is 6.07 Å². The minimum atomic E-state index is -0.476. The lowest BCUT2D eigenvalue weighted by Crippen LogP contribution is -2.37. The Labute approximate surface area is 191 Å². The van der Waals surface area contributed by atoms with Gasteiger partial charge in [0.05, 0.1) is 0 Å². The van der Waals surface area contributed by atoms with Gasteiger partial charge < -0.3 is 24.4 Å². The second-order valence-corrected chi connectivity index (χ2v) is 10.0. The first kappa shape index (κ1) is 21.9. The van der Waals surface area contributed by atoms with E-state index in [4.69, 9.17) is 9.47 Å². The Kier molecular flexibility index (Phi) is 6.51. The van der Waals surface area contributed by atoms with Crippen LogP contribution in [0, 0.1) is 5.41 Å². The molecule has 0 aromatic heterocycles. The minimum Gasteiger partial charge on any atom is -0.491 e. The lowest BCUT2D eigenvalue weighted by molar-refractivity contribution is 0.0149. The van der Waals surface area contributed by atoms with Crippen molar-refractivity contribution in [1.82, 2.24) is 9.80 Å². The summed E-state index contributed by atoms with van der Waals surface area (Å²) in [5.41, 5.74) is 3.15. The van der Waals surface area contributed by atoms with E-state index in [9.17, 15) is 5.11 Å². The molecule has 0 radical (unpaired) electrons. The quantitative estimate of drug-likeness (QED) is 0.746. The average molecular weight is 437 g/mol. The molecule has 3 heterocycles. The summed E-state index contributed by atoms with van der Waals surface area (Å²) >= 11 is 0. The van der Waals surface area contributed by atoms with E-state index in [0.29, 0.717) is 18.6 Å². The van der Waals surface area contributed by atoms with Gasteiger partial charge in [0.25, 0.3) is 0 Å². The maximum atomic E-state index is 10.6. The zero-order valence-corrected chi connectivity index (χ0v) is 19.3. The lowest BCUT2D eigenvalue weighted by atomic mass is 9.80. The largest absolute Gasteiger partial charge is 0.491 e. The first-order chi connectivity index (χ1) is 15.6. The molecular formula is C27H36N2O3. The van der Waals surface area contributed by atoms with Gasteiger partial charge >= 0.3 is 0 Å². The van der Waals surface area contributed by atoms with E-state index in [2.05, 4.69) is 53.3 Å². The molecule has 2 aromatic carbocycles. The average Bonchev–Trinajstić information content (AvgIpc) is 3.19. The Morgan fingerprint density at radius 1 is 1.06 bits per heavy atom. The van der Waals surface area contributed by atoms with Gasteiger partial charge in [-0.1, -0.05) is 24.3 Å². The highest BCUT2D eigenvalue weighted by Gasteiger charge is 2.39. The number of hydrogen-bond donors (Lipinski definition) is 1. The highest BCUT2D eigenvalue weighted by Crippen LogP contribution is 2.39. The van der Waals surface area contributed by atoms with Crippen molar-refractivity contribution in [3.63, 3.8) is 0 Å². The maximum Gasteiger partial charge on any atom is 0.120 e. The molecule has 2 aromatic rings. The van der Waals surface area contributed by atoms with Crippen LogP contribution in [0.3, 0.4) is 0 Å². The van der Waals surface area contributed by atoms with Gasteiger partial charge in [-0.3, -0.25) is 0 Å². The van der Waals surface area contributed by atoms with Crippen LogP contribution >= 0.6 is 0 Å². The smallest absolute Gasteiger partial charge is 0.120 e. The van der Waals surface area contributed by atoms with E-state index in [1.54, 1.807) is 0 Å². The van der Waals surface area contributed by atoms with E-state index < -0.39 is 6.10 Å². The highest BCUT2D eigenvalue weighted by molar-refractivity contribution is 5.87. The van der Waals surface area contributed by atoms with Crippen molar-refractivity contribution in [2.45, 2.75) is 31.8 Å². The van der Waals surface area contributed by atoms with Crippen molar-refractivity contribution in [3.8, 4) is 5.75 Å². The zero-order chi connectivity index (χ0) is 22.0. The molecule has 0 saturated carbocycles. The molecule has 2 saturated heterocycles. The third kappa shape index (κ3) is 5.01. The molecule has 1 N–H and O–H groups in total. The third-order valence-electron chi connectivity index (χ3n) is 7.58. The zero-order valence-electron chi connectivity index (χ0n) is 19.3. The van der Waals surface area contributed by atoms with Gasteiger partial charge in [-0.25, -0.2) is 0 Å². The molecule has 0 aliphatic carbocycles. The predicted molar refractivity (Wildman–Crippen MR) is 129 cm³/mol. The fraction of sp³-hybridized carbons (Fsp3) is 0.556. The summed E-state index contributed by atoms with van der Waals surface area (Å²) in [6.45, 7) is 7.06. The first-order valence-corrected chi connectivity index (χ1v) is 12.1. The Hall–Kier alpha value is -1.92. The molecule has 32 heavy (non-hydrogen) atoms. The SMILES string of the molecule is CN1CC=C(c2ccc3ccc(OCC(O)CN4CCC5(CCOCC5)C4)cc3c2)CC1. The summed E-state index contributed by atoms with van der Waals surface area (Å²) in [6.07, 6.45) is 6.49. The van der Waals surface area contributed by atoms with Crippen molar-refractivity contribution < 1.29 is 14.6 Å². The molecule has 172 valence electrons. The van der Waals surface area contributed by atoms with Gasteiger partial charge in [-0.15, -0.1) is 0 Å². The summed E-state index contributed by atoms with van der Waals surface area (Å²) in [5.74, 6) is 0.827. The number of rotatable bonds is 6. The highest BCUT2D eigenvalue weighted by atomic mass is 16.5. The molecule has 3 aliphatic heterocycles. The Morgan fingerprint density at radius 2 is 1.91 bits per heavy atom. The standard InChI is InChI=1S/C27H36N2O3/c1-28-11-6-22(7-12-28)23-3-2-21-4-5-26(17-24(21)16-23)32-19-25(30)18-29-13-8-27(20-29)9-14-31-15-10-27/h2-6,16-17,25,30H,7-15,18-20H2,1H3. The van der Waals surface area contributed by atoms with Gasteiger partial charge in [0.2, 0.25) is 0 Å². The lowest BCUT2D eigenvalue weighted by Gasteiger charge is -2.33. The van der Waals surface area contributed by atoms with Crippen LogP contribution in [-0.2, 0) is 4.74 Å². The number of benzene rings is 2. The minimum absolute atomic E-state index is 0.329. The summed E-state index contributed by atoms with van der Waals surface area (Å²) in [7, 11) is 2.17. The van der Waals surface area contributed by atoms with Crippen LogP contribution < -0.4 is 4.74 Å². The van der Waals surface area contributed by atoms with Gasteiger partial charge in [-0.2, -0.15) is 0 Å². The monoisotopic (exact) mass is 436 g/mol. The molecule has 5 rings (SSSR count). The van der Waals surface area contributed by atoms with Crippen LogP contribution in [0.25, 0.3) is 16.3 Å². The molecule has 5 heteroatoms. The molecule has 5 nitrogen and oxygen atoms in total. The normalized spacial score (nSPS) is 22.9. The number of aliphatic hydroxyl groups is 1. The molecule has 1 unspecified atom stereocenters. The first-order valence-electron chi connectivity index (χ1n) is 12.1. The molecule has 0 amide bonds. The summed E-state index contributed by atoms with van der Waals surface area (Å²) in [6, 6.07) is 12.9. The van der Waals surface area contributed by atoms with Crippen LogP contribution in [0.15, 0.2) is 42.5 Å². The van der Waals surface area contributed by atoms with Crippen LogP contribution in [0.2, 0.25) is 0 Å². The number of hydrogen-bond acceptors (Lipinski definition) is 5. The van der Waals surface area contributed by atoms with Crippen LogP contribution in [0.1, 0.15) is 31.2 Å². The molecule has 0 bridgehead atoms. The second kappa shape index (κ2) is 9.52. The Morgan fingerprint density at radius 3 is 2.72 bits per heavy atom. The number of likely N-dealkylation sites (N-methyl/N-ethyl adjacent to an activating group) is 1. The molecule has 3 aliphatic rings. The van der Waals surface area contributed by atoms with Gasteiger partial charge in [0.15, 0.2) is 0 Å². The molecule has 2 fully saturated rings. The van der Waals surface area contributed by atoms with Crippen LogP contribution in [-0.4, -0.2) is 80.6 Å². The topological polar surface area (TPSA) is 45.2 Å². The molecular weight excluding hydrogens is 400 g/mol. The van der Waals surface area contributed by atoms with E-state index in [-0.39, 0.29) is 0 Å². The molecule has 1 atom stereocenters. The fourth-order valence-electron chi connectivity index (χ4n) is 5.49. The van der Waals surface area contributed by atoms with Crippen molar-refractivity contribution in [3.05, 3.63) is 48.0 Å². The summed E-state index contributed by atoms with van der Waals surface area (Å²) in [5, 5.41) is 13.0. The fourth-order valence-corrected chi connectivity index (χ4v) is 5.49. The van der Waals surface area contributed by atoms with Crippen LogP contribution in [0.4, 0.5) is 0 Å². The second-order valence-electron chi connectivity index (χ2n) is 10.0. The van der Waals surface area contributed by atoms with E-state index >= 15 is 0 Å². The number of nitrogens with zero attached hydrogens (tertiary/aromatic N) is 2.